The molecule has 1 aromatic carbocycles. The molecule has 0 N–H and O–H groups in total. The Kier molecular flexibility index (Phi) is 4.00. The van der Waals surface area contributed by atoms with Gasteiger partial charge in [-0.3, -0.25) is 10.1 Å². The first-order valence-electron chi connectivity index (χ1n) is 5.79. The number of benzene rings is 1. The van der Waals surface area contributed by atoms with Gasteiger partial charge in [-0.25, -0.2) is 0 Å². The zero-order valence-electron chi connectivity index (χ0n) is 11.1. The van der Waals surface area contributed by atoms with Crippen molar-refractivity contribution in [3.05, 3.63) is 50.2 Å². The van der Waals surface area contributed by atoms with Gasteiger partial charge in [0.25, 0.3) is 11.6 Å². The fourth-order valence-electron chi connectivity index (χ4n) is 1.60. The molecule has 106 valence electrons. The highest BCUT2D eigenvalue weighted by Crippen LogP contribution is 2.31. The van der Waals surface area contributed by atoms with Gasteiger partial charge in [0.15, 0.2) is 0 Å². The fourth-order valence-corrected chi connectivity index (χ4v) is 1.84. The third-order valence-electron chi connectivity index (χ3n) is 2.86. The lowest BCUT2D eigenvalue weighted by molar-refractivity contribution is -0.384. The third kappa shape index (κ3) is 2.90. The first-order chi connectivity index (χ1) is 9.93. The number of hydrogen-bond donors (Lipinski definition) is 0. The second-order valence-corrected chi connectivity index (χ2v) is 4.58. The Balaban J connectivity index is 2.40. The highest BCUT2D eigenvalue weighted by molar-refractivity contribution is 6.32. The first kappa shape index (κ1) is 14.7. The molecule has 0 bridgehead atoms. The van der Waals surface area contributed by atoms with Crippen LogP contribution in [0.15, 0.2) is 18.2 Å². The standard InChI is InChI=1S/C13H9ClN4O3/c1-7-8(2)16-17-13(10(7)6-15)21-9-3-4-12(18(19)20)11(14)5-9/h3-5H,1-2H3. The second kappa shape index (κ2) is 5.73. The Morgan fingerprint density at radius 2 is 2.10 bits per heavy atom. The predicted octanol–water partition coefficient (Wildman–Crippen LogP) is 3.32. The molecule has 0 atom stereocenters. The van der Waals surface area contributed by atoms with E-state index in [1.165, 1.54) is 18.2 Å². The summed E-state index contributed by atoms with van der Waals surface area (Å²) < 4.78 is 5.45. The van der Waals surface area contributed by atoms with Crippen LogP contribution in [-0.2, 0) is 0 Å². The summed E-state index contributed by atoms with van der Waals surface area (Å²) in [5, 5.41) is 27.5. The highest BCUT2D eigenvalue weighted by Gasteiger charge is 2.16. The van der Waals surface area contributed by atoms with Crippen LogP contribution in [0, 0.1) is 35.3 Å². The summed E-state index contributed by atoms with van der Waals surface area (Å²) in [4.78, 5) is 10.1. The van der Waals surface area contributed by atoms with Crippen molar-refractivity contribution in [1.82, 2.24) is 10.2 Å². The normalized spacial score (nSPS) is 10.0. The van der Waals surface area contributed by atoms with Gasteiger partial charge in [-0.1, -0.05) is 11.6 Å². The van der Waals surface area contributed by atoms with Gasteiger partial charge in [0.2, 0.25) is 0 Å². The summed E-state index contributed by atoms with van der Waals surface area (Å²) in [5.74, 6) is 0.269. The molecule has 0 fully saturated rings. The minimum absolute atomic E-state index is 0.0329. The molecule has 1 heterocycles. The van der Waals surface area contributed by atoms with Crippen molar-refractivity contribution in [2.75, 3.05) is 0 Å². The van der Waals surface area contributed by atoms with Gasteiger partial charge < -0.3 is 4.74 Å². The minimum Gasteiger partial charge on any atom is -0.436 e. The molecule has 0 saturated heterocycles. The molecule has 0 aliphatic carbocycles. The van der Waals surface area contributed by atoms with Crippen LogP contribution in [0.2, 0.25) is 5.02 Å². The molecule has 21 heavy (non-hydrogen) atoms. The Morgan fingerprint density at radius 3 is 2.67 bits per heavy atom. The Bertz CT molecular complexity index is 771. The summed E-state index contributed by atoms with van der Waals surface area (Å²) in [6.45, 7) is 3.47. The zero-order chi connectivity index (χ0) is 15.6. The van der Waals surface area contributed by atoms with E-state index in [0.717, 1.165) is 0 Å². The summed E-state index contributed by atoms with van der Waals surface area (Å²) in [6, 6.07) is 5.89. The molecule has 2 rings (SSSR count). The first-order valence-corrected chi connectivity index (χ1v) is 6.17. The molecule has 0 aliphatic heterocycles. The van der Waals surface area contributed by atoms with Crippen LogP contribution in [-0.4, -0.2) is 15.1 Å². The van der Waals surface area contributed by atoms with Gasteiger partial charge in [-0.2, -0.15) is 10.4 Å². The lowest BCUT2D eigenvalue weighted by atomic mass is 10.1. The van der Waals surface area contributed by atoms with E-state index in [9.17, 15) is 10.1 Å². The van der Waals surface area contributed by atoms with Gasteiger partial charge >= 0.3 is 0 Å². The maximum absolute atomic E-state index is 10.7. The van der Waals surface area contributed by atoms with Crippen LogP contribution >= 0.6 is 11.6 Å². The van der Waals surface area contributed by atoms with E-state index in [0.29, 0.717) is 11.3 Å². The van der Waals surface area contributed by atoms with E-state index in [4.69, 9.17) is 21.6 Å². The lowest BCUT2D eigenvalue weighted by Gasteiger charge is -2.08. The molecule has 1 aromatic heterocycles. The van der Waals surface area contributed by atoms with Crippen LogP contribution in [0.1, 0.15) is 16.8 Å². The van der Waals surface area contributed by atoms with E-state index in [1.54, 1.807) is 13.8 Å². The van der Waals surface area contributed by atoms with Crippen LogP contribution in [0.3, 0.4) is 0 Å². The molecular weight excluding hydrogens is 296 g/mol. The second-order valence-electron chi connectivity index (χ2n) is 4.17. The van der Waals surface area contributed by atoms with E-state index >= 15 is 0 Å². The Morgan fingerprint density at radius 1 is 1.38 bits per heavy atom. The van der Waals surface area contributed by atoms with Crippen molar-refractivity contribution >= 4 is 17.3 Å². The molecular formula is C13H9ClN4O3. The van der Waals surface area contributed by atoms with Crippen LogP contribution in [0.5, 0.6) is 11.6 Å². The van der Waals surface area contributed by atoms with Crippen molar-refractivity contribution in [2.45, 2.75) is 13.8 Å². The van der Waals surface area contributed by atoms with Gasteiger partial charge in [-0.05, 0) is 25.5 Å². The van der Waals surface area contributed by atoms with Crippen molar-refractivity contribution in [1.29, 1.82) is 5.26 Å². The van der Waals surface area contributed by atoms with Gasteiger partial charge in [0.1, 0.15) is 22.4 Å². The minimum atomic E-state index is -0.595. The van der Waals surface area contributed by atoms with Crippen molar-refractivity contribution < 1.29 is 9.66 Å². The number of nitrogens with zero attached hydrogens (tertiary/aromatic N) is 4. The van der Waals surface area contributed by atoms with Gasteiger partial charge in [0, 0.05) is 12.1 Å². The van der Waals surface area contributed by atoms with E-state index in [2.05, 4.69) is 10.2 Å². The topological polar surface area (TPSA) is 102 Å². The number of rotatable bonds is 3. The highest BCUT2D eigenvalue weighted by atomic mass is 35.5. The Hall–Kier alpha value is -2.72. The van der Waals surface area contributed by atoms with E-state index in [-0.39, 0.29) is 27.9 Å². The van der Waals surface area contributed by atoms with Gasteiger partial charge in [-0.15, -0.1) is 5.10 Å². The summed E-state index contributed by atoms with van der Waals surface area (Å²) in [6.07, 6.45) is 0. The number of ether oxygens (including phenoxy) is 1. The molecule has 0 amide bonds. The fraction of sp³-hybridized carbons (Fsp3) is 0.154. The van der Waals surface area contributed by atoms with Crippen LogP contribution < -0.4 is 4.74 Å². The smallest absolute Gasteiger partial charge is 0.288 e. The number of aromatic nitrogens is 2. The number of nitriles is 1. The molecule has 8 heteroatoms. The third-order valence-corrected chi connectivity index (χ3v) is 3.17. The number of nitro benzene ring substituents is 1. The molecule has 0 spiro atoms. The summed E-state index contributed by atoms with van der Waals surface area (Å²) in [7, 11) is 0. The van der Waals surface area contributed by atoms with E-state index in [1.807, 2.05) is 6.07 Å². The van der Waals surface area contributed by atoms with Crippen molar-refractivity contribution in [3.8, 4) is 17.7 Å². The number of nitro groups is 1. The maximum Gasteiger partial charge on any atom is 0.288 e. The SMILES string of the molecule is Cc1nnc(Oc2ccc([N+](=O)[O-])c(Cl)c2)c(C#N)c1C. The monoisotopic (exact) mass is 304 g/mol. The molecule has 7 nitrogen and oxygen atoms in total. The van der Waals surface area contributed by atoms with Crippen molar-refractivity contribution in [2.24, 2.45) is 0 Å². The van der Waals surface area contributed by atoms with Crippen LogP contribution in [0.4, 0.5) is 5.69 Å². The van der Waals surface area contributed by atoms with Crippen molar-refractivity contribution in [3.63, 3.8) is 0 Å². The van der Waals surface area contributed by atoms with Gasteiger partial charge in [0.05, 0.1) is 10.6 Å². The van der Waals surface area contributed by atoms with Crippen LogP contribution in [0.25, 0.3) is 0 Å². The van der Waals surface area contributed by atoms with E-state index < -0.39 is 4.92 Å². The summed E-state index contributed by atoms with van der Waals surface area (Å²) >= 11 is 5.80. The zero-order valence-corrected chi connectivity index (χ0v) is 11.9. The molecule has 0 unspecified atom stereocenters. The molecule has 0 saturated carbocycles. The number of hydrogen-bond acceptors (Lipinski definition) is 6. The number of aryl methyl sites for hydroxylation is 1. The summed E-state index contributed by atoms with van der Waals surface area (Å²) in [5.41, 5.74) is 1.32. The maximum atomic E-state index is 10.7. The molecule has 0 aliphatic rings. The largest absolute Gasteiger partial charge is 0.436 e. The number of halogens is 1. The average molecular weight is 305 g/mol. The lowest BCUT2D eigenvalue weighted by Crippen LogP contribution is -2.00. The predicted molar refractivity (Wildman–Crippen MR) is 74.4 cm³/mol. The average Bonchev–Trinajstić information content (AvgIpc) is 2.43. The molecule has 0 radical (unpaired) electrons. The Labute approximate surface area is 124 Å². The molecule has 2 aromatic rings. The quantitative estimate of drug-likeness (QED) is 0.636.